The number of halogens is 5. The molecule has 2 atom stereocenters. The number of nitrogens with zero attached hydrogens (tertiary/aromatic N) is 1. The van der Waals surface area contributed by atoms with Crippen LogP contribution in [0.4, 0.5) is 13.2 Å². The van der Waals surface area contributed by atoms with Crippen molar-refractivity contribution >= 4 is 51.5 Å². The van der Waals surface area contributed by atoms with E-state index < -0.39 is 24.3 Å². The topological polar surface area (TPSA) is 105 Å². The number of allylic oxidation sites excluding steroid dienone is 1. The van der Waals surface area contributed by atoms with Crippen LogP contribution in [0.3, 0.4) is 0 Å². The number of carboxylic acids is 1. The van der Waals surface area contributed by atoms with Crippen molar-refractivity contribution in [1.29, 1.82) is 0 Å². The Kier molecular flexibility index (Phi) is 10.6. The molecular weight excluding hydrogens is 630 g/mol. The lowest BCUT2D eigenvalue weighted by molar-refractivity contribution is -0.274. The second kappa shape index (κ2) is 14.2. The van der Waals surface area contributed by atoms with Crippen molar-refractivity contribution in [3.05, 3.63) is 117 Å². The third kappa shape index (κ3) is 9.13. The predicted molar refractivity (Wildman–Crippen MR) is 169 cm³/mol. The fourth-order valence-corrected chi connectivity index (χ4v) is 5.29. The van der Waals surface area contributed by atoms with Gasteiger partial charge < -0.3 is 20.2 Å². The Balaban J connectivity index is 1.68. The number of aliphatic carboxylic acids is 1. The first-order valence-corrected chi connectivity index (χ1v) is 14.6. The molecule has 1 amide bonds. The minimum Gasteiger partial charge on any atom is -0.481 e. The Hall–Kier alpha value is -4.25. The van der Waals surface area contributed by atoms with Gasteiger partial charge in [-0.1, -0.05) is 66.5 Å². The number of hydrogen-bond donors (Lipinski definition) is 3. The number of nitrogens with one attached hydrogen (secondary N) is 1. The van der Waals surface area contributed by atoms with Gasteiger partial charge in [0, 0.05) is 28.1 Å². The van der Waals surface area contributed by atoms with Crippen LogP contribution in [0.2, 0.25) is 10.0 Å². The monoisotopic (exact) mass is 659 g/mol. The summed E-state index contributed by atoms with van der Waals surface area (Å²) in [7, 11) is 0. The first-order chi connectivity index (χ1) is 21.2. The summed E-state index contributed by atoms with van der Waals surface area (Å²) in [5.74, 6) is 4.85. The van der Waals surface area contributed by atoms with E-state index in [0.717, 1.165) is 11.1 Å². The lowest BCUT2D eigenvalue weighted by Gasteiger charge is -2.30. The van der Waals surface area contributed by atoms with Crippen molar-refractivity contribution in [2.24, 2.45) is 5.84 Å². The number of fused-ring (bicyclic) bond motifs is 1. The molecule has 4 rings (SSSR count). The number of nitrogens with two attached hydrogens (primary N) is 1. The fourth-order valence-electron chi connectivity index (χ4n) is 4.75. The molecule has 0 heterocycles. The molecule has 0 saturated heterocycles. The molecule has 0 saturated carbocycles. The lowest BCUT2D eigenvalue weighted by atomic mass is 9.96. The Morgan fingerprint density at radius 1 is 0.911 bits per heavy atom. The molecule has 2 unspecified atom stereocenters. The minimum absolute atomic E-state index is 0.00942. The summed E-state index contributed by atoms with van der Waals surface area (Å²) in [5.41, 5.74) is 3.33. The van der Waals surface area contributed by atoms with Crippen molar-refractivity contribution in [1.82, 2.24) is 10.3 Å². The number of hydrazine groups is 1. The number of carboxylic acid groups (broad SMARTS) is 1. The smallest absolute Gasteiger partial charge is 0.481 e. The summed E-state index contributed by atoms with van der Waals surface area (Å²) in [6, 6.07) is 21.0. The standard InChI is InChI=1S/C33H30Cl2F3N3O4/c1-19(26-15-27(34)18-28(35)16-26)13-30(25-8-7-24-17-29(45-33(36,37)38)10-9-23(24)14-25)41(39)20(2)21-3-5-22(6-4-21)32(44)40-12-11-31(42)43/h3-10,13-20H,11-12,39H2,1-2H3,(H,40,44)(H,42,43)/b30-13-. The van der Waals surface area contributed by atoms with Crippen molar-refractivity contribution in [2.45, 2.75) is 38.6 Å². The highest BCUT2D eigenvalue weighted by Crippen LogP contribution is 2.34. The maximum atomic E-state index is 12.8. The average Bonchev–Trinajstić information content (AvgIpc) is 2.97. The molecule has 4 aromatic rings. The number of hydrogen-bond acceptors (Lipinski definition) is 5. The molecule has 236 valence electrons. The number of benzene rings is 4. The molecule has 4 aromatic carbocycles. The summed E-state index contributed by atoms with van der Waals surface area (Å²) in [6.45, 7) is 3.86. The summed E-state index contributed by atoms with van der Waals surface area (Å²) < 4.78 is 42.3. The van der Waals surface area contributed by atoms with Crippen molar-refractivity contribution in [3.63, 3.8) is 0 Å². The van der Waals surface area contributed by atoms with Crippen LogP contribution in [0.5, 0.6) is 5.75 Å². The van der Waals surface area contributed by atoms with E-state index in [2.05, 4.69) is 10.1 Å². The van der Waals surface area contributed by atoms with Crippen LogP contribution >= 0.6 is 23.2 Å². The number of alkyl halides is 3. The molecule has 0 bridgehead atoms. The first-order valence-electron chi connectivity index (χ1n) is 13.8. The summed E-state index contributed by atoms with van der Waals surface area (Å²) in [6.07, 6.45) is -3.04. The maximum absolute atomic E-state index is 12.8. The van der Waals surface area contributed by atoms with E-state index >= 15 is 0 Å². The first kappa shape index (κ1) is 33.6. The second-order valence-electron chi connectivity index (χ2n) is 10.4. The third-order valence-corrected chi connectivity index (χ3v) is 7.57. The van der Waals surface area contributed by atoms with Gasteiger partial charge in [0.15, 0.2) is 0 Å². The van der Waals surface area contributed by atoms with E-state index in [1.807, 2.05) is 26.0 Å². The van der Waals surface area contributed by atoms with E-state index in [0.29, 0.717) is 37.6 Å². The van der Waals surface area contributed by atoms with E-state index in [1.54, 1.807) is 65.7 Å². The Bertz CT molecular complexity index is 1710. The van der Waals surface area contributed by atoms with E-state index in [9.17, 15) is 22.8 Å². The van der Waals surface area contributed by atoms with Crippen molar-refractivity contribution < 1.29 is 32.6 Å². The van der Waals surface area contributed by atoms with Gasteiger partial charge in [0.25, 0.3) is 5.91 Å². The van der Waals surface area contributed by atoms with Gasteiger partial charge in [-0.05, 0) is 82.9 Å². The summed E-state index contributed by atoms with van der Waals surface area (Å²) in [5, 5.41) is 15.1. The van der Waals surface area contributed by atoms with E-state index in [-0.39, 0.29) is 24.6 Å². The summed E-state index contributed by atoms with van der Waals surface area (Å²) >= 11 is 12.5. The number of amides is 1. The number of rotatable bonds is 11. The van der Waals surface area contributed by atoms with Gasteiger partial charge in [0.1, 0.15) is 5.75 Å². The van der Waals surface area contributed by atoms with Crippen LogP contribution in [0.15, 0.2) is 84.9 Å². The second-order valence-corrected chi connectivity index (χ2v) is 11.3. The van der Waals surface area contributed by atoms with Gasteiger partial charge in [-0.3, -0.25) is 9.59 Å². The SMILES string of the molecule is CC(/C=C(/c1ccc2cc(OC(F)(F)F)ccc2c1)N(N)C(C)c1ccc(C(=O)NCCC(=O)O)cc1)c1cc(Cl)cc(Cl)c1. The molecule has 12 heteroatoms. The zero-order chi connectivity index (χ0) is 32.9. The van der Waals surface area contributed by atoms with Gasteiger partial charge in [-0.15, -0.1) is 13.2 Å². The van der Waals surface area contributed by atoms with Crippen molar-refractivity contribution in [2.75, 3.05) is 6.54 Å². The van der Waals surface area contributed by atoms with E-state index in [1.165, 1.54) is 12.1 Å². The fraction of sp³-hybridized carbons (Fsp3) is 0.212. The molecule has 7 nitrogen and oxygen atoms in total. The van der Waals surface area contributed by atoms with E-state index in [4.69, 9.17) is 34.2 Å². The molecule has 0 radical (unpaired) electrons. The summed E-state index contributed by atoms with van der Waals surface area (Å²) in [4.78, 5) is 23.1. The molecule has 0 aliphatic rings. The molecule has 0 aliphatic carbocycles. The van der Waals surface area contributed by atoms with Crippen LogP contribution in [0.25, 0.3) is 16.5 Å². The molecule has 4 N–H and O–H groups in total. The Morgan fingerprint density at radius 3 is 2.13 bits per heavy atom. The lowest BCUT2D eigenvalue weighted by Crippen LogP contribution is -2.32. The van der Waals surface area contributed by atoms with Crippen molar-refractivity contribution in [3.8, 4) is 5.75 Å². The Morgan fingerprint density at radius 2 is 1.51 bits per heavy atom. The molecule has 0 aliphatic heterocycles. The normalized spacial score (nSPS) is 13.3. The third-order valence-electron chi connectivity index (χ3n) is 7.13. The molecule has 0 fully saturated rings. The number of carbonyl (C=O) groups excluding carboxylic acids is 1. The highest BCUT2D eigenvalue weighted by Gasteiger charge is 2.31. The molecule has 45 heavy (non-hydrogen) atoms. The molecule has 0 aromatic heterocycles. The highest BCUT2D eigenvalue weighted by molar-refractivity contribution is 6.34. The van der Waals surface area contributed by atoms with Gasteiger partial charge >= 0.3 is 12.3 Å². The average molecular weight is 661 g/mol. The van der Waals surface area contributed by atoms with Crippen LogP contribution in [-0.4, -0.2) is 34.9 Å². The quantitative estimate of drug-likeness (QED) is 0.110. The van der Waals surface area contributed by atoms with Crippen LogP contribution in [0.1, 0.15) is 59.3 Å². The highest BCUT2D eigenvalue weighted by atomic mass is 35.5. The molecular formula is C33H30Cl2F3N3O4. The largest absolute Gasteiger partial charge is 0.573 e. The zero-order valence-electron chi connectivity index (χ0n) is 24.2. The molecule has 0 spiro atoms. The Labute approximate surface area is 268 Å². The zero-order valence-corrected chi connectivity index (χ0v) is 25.8. The number of carbonyl (C=O) groups is 2. The van der Waals surface area contributed by atoms with Gasteiger partial charge in [0.05, 0.1) is 18.2 Å². The minimum atomic E-state index is -4.80. The van der Waals surface area contributed by atoms with Crippen LogP contribution < -0.4 is 15.9 Å². The van der Waals surface area contributed by atoms with Gasteiger partial charge in [-0.2, -0.15) is 0 Å². The number of ether oxygens (including phenoxy) is 1. The van der Waals surface area contributed by atoms with Crippen LogP contribution in [-0.2, 0) is 4.79 Å². The van der Waals surface area contributed by atoms with Crippen LogP contribution in [0, 0.1) is 0 Å². The van der Waals surface area contributed by atoms with Gasteiger partial charge in [-0.25, -0.2) is 5.84 Å². The maximum Gasteiger partial charge on any atom is 0.573 e. The van der Waals surface area contributed by atoms with Gasteiger partial charge in [0.2, 0.25) is 0 Å². The predicted octanol–water partition coefficient (Wildman–Crippen LogP) is 8.33.